The van der Waals surface area contributed by atoms with Gasteiger partial charge in [-0.3, -0.25) is 0 Å². The Bertz CT molecular complexity index is 389. The van der Waals surface area contributed by atoms with Gasteiger partial charge in [-0.25, -0.2) is 9.97 Å². The predicted molar refractivity (Wildman–Crippen MR) is 73.8 cm³/mol. The summed E-state index contributed by atoms with van der Waals surface area (Å²) in [4.78, 5) is 8.88. The van der Waals surface area contributed by atoms with Crippen LogP contribution >= 0.6 is 0 Å². The van der Waals surface area contributed by atoms with Crippen molar-refractivity contribution in [1.29, 1.82) is 0 Å². The van der Waals surface area contributed by atoms with Crippen LogP contribution in [0.25, 0.3) is 0 Å². The van der Waals surface area contributed by atoms with Crippen molar-refractivity contribution >= 4 is 0 Å². The largest absolute Gasteiger partial charge is 0.486 e. The Hall–Kier alpha value is -1.42. The fourth-order valence-electron chi connectivity index (χ4n) is 1.40. The Balaban J connectivity index is 2.90. The minimum Gasteiger partial charge on any atom is -0.486 e. The third-order valence-corrected chi connectivity index (χ3v) is 2.40. The lowest BCUT2D eigenvalue weighted by molar-refractivity contribution is 0.351. The monoisotopic (exact) mass is 249 g/mol. The summed E-state index contributed by atoms with van der Waals surface area (Å²) >= 11 is 0. The second-order valence-electron chi connectivity index (χ2n) is 4.83. The Morgan fingerprint density at radius 1 is 1.39 bits per heavy atom. The van der Waals surface area contributed by atoms with E-state index in [2.05, 4.69) is 49.6 Å². The number of aromatic nitrogens is 2. The molecule has 0 aliphatic rings. The molecule has 0 saturated heterocycles. The molecule has 1 aromatic rings. The second kappa shape index (κ2) is 7.11. The number of hydrogen-bond acceptors (Lipinski definition) is 4. The van der Waals surface area contributed by atoms with E-state index < -0.39 is 0 Å². The topological polar surface area (TPSA) is 47.0 Å². The van der Waals surface area contributed by atoms with Gasteiger partial charge in [0.05, 0.1) is 11.9 Å². The first-order valence-corrected chi connectivity index (χ1v) is 6.37. The molecule has 1 N–H and O–H groups in total. The van der Waals surface area contributed by atoms with E-state index in [0.29, 0.717) is 25.1 Å². The molecule has 0 saturated carbocycles. The fourth-order valence-corrected chi connectivity index (χ4v) is 1.40. The van der Waals surface area contributed by atoms with Crippen molar-refractivity contribution in [2.75, 3.05) is 6.61 Å². The molecule has 0 bridgehead atoms. The highest BCUT2D eigenvalue weighted by Crippen LogP contribution is 2.18. The van der Waals surface area contributed by atoms with Crippen molar-refractivity contribution in [2.45, 2.75) is 46.2 Å². The zero-order valence-electron chi connectivity index (χ0n) is 11.7. The first kappa shape index (κ1) is 14.6. The van der Waals surface area contributed by atoms with Gasteiger partial charge in [-0.05, 0) is 0 Å². The summed E-state index contributed by atoms with van der Waals surface area (Å²) < 4.78 is 5.57. The van der Waals surface area contributed by atoms with Gasteiger partial charge in [0.2, 0.25) is 0 Å². The number of hydrogen-bond donors (Lipinski definition) is 1. The molecule has 18 heavy (non-hydrogen) atoms. The van der Waals surface area contributed by atoms with Gasteiger partial charge in [-0.1, -0.05) is 40.3 Å². The van der Waals surface area contributed by atoms with Crippen LogP contribution < -0.4 is 10.1 Å². The Morgan fingerprint density at radius 3 is 2.67 bits per heavy atom. The molecule has 4 nitrogen and oxygen atoms in total. The minimum atomic E-state index is 0.316. The Labute approximate surface area is 109 Å². The quantitative estimate of drug-likeness (QED) is 0.755. The maximum atomic E-state index is 5.57. The van der Waals surface area contributed by atoms with Gasteiger partial charge in [0.15, 0.2) is 5.75 Å². The molecule has 0 aromatic carbocycles. The van der Waals surface area contributed by atoms with Crippen LogP contribution in [0.2, 0.25) is 0 Å². The number of nitrogens with one attached hydrogen (secondary N) is 1. The maximum Gasteiger partial charge on any atom is 0.160 e. The average molecular weight is 249 g/mol. The predicted octanol–water partition coefficient (Wildman–Crippen LogP) is 2.66. The van der Waals surface area contributed by atoms with Gasteiger partial charge >= 0.3 is 0 Å². The molecule has 0 aliphatic carbocycles. The number of nitrogens with zero attached hydrogens (tertiary/aromatic N) is 2. The van der Waals surface area contributed by atoms with Crippen LogP contribution in [0, 0.1) is 0 Å². The Morgan fingerprint density at radius 2 is 2.11 bits per heavy atom. The molecule has 0 atom stereocenters. The van der Waals surface area contributed by atoms with Crippen molar-refractivity contribution in [3.8, 4) is 5.75 Å². The lowest BCUT2D eigenvalue weighted by atomic mass is 10.2. The first-order valence-electron chi connectivity index (χ1n) is 6.37. The summed E-state index contributed by atoms with van der Waals surface area (Å²) in [5.74, 6) is 1.89. The molecule has 1 aromatic heterocycles. The van der Waals surface area contributed by atoms with E-state index in [0.717, 1.165) is 17.3 Å². The minimum absolute atomic E-state index is 0.316. The van der Waals surface area contributed by atoms with Crippen molar-refractivity contribution in [2.24, 2.45) is 0 Å². The first-order chi connectivity index (χ1) is 8.54. The molecule has 4 heteroatoms. The molecular weight excluding hydrogens is 226 g/mol. The van der Waals surface area contributed by atoms with Gasteiger partial charge in [-0.15, -0.1) is 0 Å². The average Bonchev–Trinajstić information content (AvgIpc) is 2.33. The molecule has 100 valence electrons. The molecule has 0 aliphatic heterocycles. The van der Waals surface area contributed by atoms with E-state index in [9.17, 15) is 0 Å². The highest BCUT2D eigenvalue weighted by Gasteiger charge is 2.10. The second-order valence-corrected chi connectivity index (χ2v) is 4.83. The van der Waals surface area contributed by atoms with E-state index in [1.54, 1.807) is 12.3 Å². The number of rotatable bonds is 7. The molecule has 0 spiro atoms. The Kier molecular flexibility index (Phi) is 5.78. The summed E-state index contributed by atoms with van der Waals surface area (Å²) in [6.07, 6.45) is 3.47. The number of ether oxygens (including phenoxy) is 1. The van der Waals surface area contributed by atoms with E-state index in [1.165, 1.54) is 0 Å². The summed E-state index contributed by atoms with van der Waals surface area (Å²) in [5.41, 5.74) is 0.907. The summed E-state index contributed by atoms with van der Waals surface area (Å²) in [6, 6.07) is 0.412. The van der Waals surface area contributed by atoms with Crippen molar-refractivity contribution in [1.82, 2.24) is 15.3 Å². The summed E-state index contributed by atoms with van der Waals surface area (Å²) in [7, 11) is 0. The van der Waals surface area contributed by atoms with Gasteiger partial charge in [-0.2, -0.15) is 0 Å². The third kappa shape index (κ3) is 4.45. The normalized spacial score (nSPS) is 11.0. The molecule has 0 unspecified atom stereocenters. The standard InChI is InChI=1S/C14H23N3O/c1-6-7-18-13-9-16-14(10(2)3)17-12(13)8-15-11(4)5/h6,9-11,15H,1,7-8H2,2-5H3. The smallest absolute Gasteiger partial charge is 0.160 e. The van der Waals surface area contributed by atoms with Crippen LogP contribution in [0.1, 0.15) is 45.1 Å². The molecule has 0 amide bonds. The van der Waals surface area contributed by atoms with Gasteiger partial charge in [0, 0.05) is 18.5 Å². The lowest BCUT2D eigenvalue weighted by Gasteiger charge is -2.14. The maximum absolute atomic E-state index is 5.57. The molecule has 0 fully saturated rings. The van der Waals surface area contributed by atoms with Crippen LogP contribution in [0.3, 0.4) is 0 Å². The lowest BCUT2D eigenvalue weighted by Crippen LogP contribution is -2.23. The summed E-state index contributed by atoms with van der Waals surface area (Å²) in [5, 5.41) is 3.35. The molecule has 0 radical (unpaired) electrons. The van der Waals surface area contributed by atoms with Crippen LogP contribution in [-0.2, 0) is 6.54 Å². The van der Waals surface area contributed by atoms with E-state index in [1.807, 2.05) is 0 Å². The zero-order valence-corrected chi connectivity index (χ0v) is 11.7. The molecular formula is C14H23N3O. The van der Waals surface area contributed by atoms with E-state index >= 15 is 0 Å². The van der Waals surface area contributed by atoms with Gasteiger partial charge in [0.1, 0.15) is 12.4 Å². The SMILES string of the molecule is C=CCOc1cnc(C(C)C)nc1CNC(C)C. The highest BCUT2D eigenvalue weighted by molar-refractivity contribution is 5.25. The fraction of sp³-hybridized carbons (Fsp3) is 0.571. The zero-order chi connectivity index (χ0) is 13.5. The van der Waals surface area contributed by atoms with Gasteiger partial charge in [0.25, 0.3) is 0 Å². The summed E-state index contributed by atoms with van der Waals surface area (Å²) in [6.45, 7) is 13.2. The van der Waals surface area contributed by atoms with Gasteiger partial charge < -0.3 is 10.1 Å². The van der Waals surface area contributed by atoms with Crippen molar-refractivity contribution < 1.29 is 4.74 Å². The van der Waals surface area contributed by atoms with E-state index in [4.69, 9.17) is 4.74 Å². The van der Waals surface area contributed by atoms with Crippen LogP contribution in [0.4, 0.5) is 0 Å². The van der Waals surface area contributed by atoms with Crippen LogP contribution in [-0.4, -0.2) is 22.6 Å². The molecule has 1 rings (SSSR count). The van der Waals surface area contributed by atoms with Crippen LogP contribution in [0.5, 0.6) is 5.75 Å². The van der Waals surface area contributed by atoms with Crippen molar-refractivity contribution in [3.05, 3.63) is 30.4 Å². The van der Waals surface area contributed by atoms with E-state index in [-0.39, 0.29) is 0 Å². The molecule has 1 heterocycles. The highest BCUT2D eigenvalue weighted by atomic mass is 16.5. The van der Waals surface area contributed by atoms with Crippen molar-refractivity contribution in [3.63, 3.8) is 0 Å². The third-order valence-electron chi connectivity index (χ3n) is 2.40. The van der Waals surface area contributed by atoms with Crippen LogP contribution in [0.15, 0.2) is 18.9 Å².